The second kappa shape index (κ2) is 8.46. The van der Waals surface area contributed by atoms with Gasteiger partial charge in [-0.1, -0.05) is 39.0 Å². The van der Waals surface area contributed by atoms with Crippen molar-refractivity contribution in [1.29, 1.82) is 0 Å². The number of ether oxygens (including phenoxy) is 2. The first kappa shape index (κ1) is 18.0. The first-order valence-corrected chi connectivity index (χ1v) is 8.51. The van der Waals surface area contributed by atoms with E-state index in [0.29, 0.717) is 6.42 Å². The lowest BCUT2D eigenvalue weighted by molar-refractivity contribution is -0.121. The van der Waals surface area contributed by atoms with Crippen molar-refractivity contribution in [2.24, 2.45) is 0 Å². The summed E-state index contributed by atoms with van der Waals surface area (Å²) < 4.78 is 11.1. The Morgan fingerprint density at radius 2 is 1.91 bits per heavy atom. The zero-order valence-corrected chi connectivity index (χ0v) is 14.6. The van der Waals surface area contributed by atoms with Crippen molar-refractivity contribution in [3.63, 3.8) is 0 Å². The molecule has 23 heavy (non-hydrogen) atoms. The number of rotatable bonds is 7. The molecule has 0 bridgehead atoms. The van der Waals surface area contributed by atoms with Crippen LogP contribution in [-0.4, -0.2) is 50.1 Å². The molecule has 1 aromatic carbocycles. The van der Waals surface area contributed by atoms with Gasteiger partial charge < -0.3 is 9.47 Å². The van der Waals surface area contributed by atoms with E-state index in [4.69, 9.17) is 9.47 Å². The highest BCUT2D eigenvalue weighted by atomic mass is 16.5. The van der Waals surface area contributed by atoms with E-state index < -0.39 is 0 Å². The second-order valence-electron chi connectivity index (χ2n) is 7.13. The van der Waals surface area contributed by atoms with Crippen LogP contribution in [0.3, 0.4) is 0 Å². The van der Waals surface area contributed by atoms with E-state index in [9.17, 15) is 4.79 Å². The predicted molar refractivity (Wildman–Crippen MR) is 92.1 cm³/mol. The monoisotopic (exact) mass is 319 g/mol. The summed E-state index contributed by atoms with van der Waals surface area (Å²) >= 11 is 0. The molecule has 0 unspecified atom stereocenters. The van der Waals surface area contributed by atoms with E-state index in [0.717, 1.165) is 50.6 Å². The number of para-hydroxylation sites is 1. The highest BCUT2D eigenvalue weighted by Crippen LogP contribution is 2.30. The largest absolute Gasteiger partial charge is 0.486 e. The van der Waals surface area contributed by atoms with Crippen LogP contribution in [0.5, 0.6) is 5.75 Å². The molecule has 0 spiro atoms. The maximum Gasteiger partial charge on any atom is 0.170 e. The van der Waals surface area contributed by atoms with E-state index >= 15 is 0 Å². The molecule has 1 aromatic rings. The molecule has 0 saturated carbocycles. The minimum absolute atomic E-state index is 0.00989. The van der Waals surface area contributed by atoms with Gasteiger partial charge in [0.15, 0.2) is 5.78 Å². The van der Waals surface area contributed by atoms with E-state index in [1.54, 1.807) is 0 Å². The first-order chi connectivity index (χ1) is 11.0. The summed E-state index contributed by atoms with van der Waals surface area (Å²) in [5.74, 6) is 0.989. The third-order valence-corrected chi connectivity index (χ3v) is 4.12. The molecule has 0 radical (unpaired) electrons. The fraction of sp³-hybridized carbons (Fsp3) is 0.632. The molecule has 0 atom stereocenters. The quantitative estimate of drug-likeness (QED) is 0.774. The number of carbonyl (C=O) groups excluding carboxylic acids is 1. The molecular weight excluding hydrogens is 290 g/mol. The normalized spacial score (nSPS) is 16.3. The molecule has 0 N–H and O–H groups in total. The molecule has 4 nitrogen and oxygen atoms in total. The van der Waals surface area contributed by atoms with E-state index in [1.807, 2.05) is 18.2 Å². The molecule has 0 amide bonds. The number of hydrogen-bond donors (Lipinski definition) is 0. The molecule has 4 heteroatoms. The van der Waals surface area contributed by atoms with Gasteiger partial charge in [0.25, 0.3) is 0 Å². The Labute approximate surface area is 139 Å². The topological polar surface area (TPSA) is 38.8 Å². The average Bonchev–Trinajstić information content (AvgIpc) is 2.53. The lowest BCUT2D eigenvalue weighted by Crippen LogP contribution is -2.37. The molecule has 0 aromatic heterocycles. The Kier molecular flexibility index (Phi) is 6.60. The standard InChI is InChI=1S/C19H29NO3/c1-19(2,3)17-8-4-5-9-18(17)23-15-16(21)7-6-10-20-11-13-22-14-12-20/h4-5,8-9H,6-7,10-15H2,1-3H3. The minimum Gasteiger partial charge on any atom is -0.486 e. The minimum atomic E-state index is 0.00989. The molecule has 128 valence electrons. The lowest BCUT2D eigenvalue weighted by Gasteiger charge is -2.26. The summed E-state index contributed by atoms with van der Waals surface area (Å²) in [5.41, 5.74) is 1.15. The summed E-state index contributed by atoms with van der Waals surface area (Å²) in [7, 11) is 0. The summed E-state index contributed by atoms with van der Waals surface area (Å²) in [4.78, 5) is 14.4. The Balaban J connectivity index is 1.74. The smallest absolute Gasteiger partial charge is 0.170 e. The molecule has 1 heterocycles. The number of nitrogens with zero attached hydrogens (tertiary/aromatic N) is 1. The molecule has 0 aliphatic carbocycles. The van der Waals surface area contributed by atoms with Crippen LogP contribution in [0.15, 0.2) is 24.3 Å². The van der Waals surface area contributed by atoms with Crippen molar-refractivity contribution in [1.82, 2.24) is 4.90 Å². The lowest BCUT2D eigenvalue weighted by atomic mass is 9.86. The SMILES string of the molecule is CC(C)(C)c1ccccc1OCC(=O)CCCN1CCOCC1. The predicted octanol–water partition coefficient (Wildman–Crippen LogP) is 3.04. The molecule has 1 saturated heterocycles. The fourth-order valence-electron chi connectivity index (χ4n) is 2.77. The number of hydrogen-bond acceptors (Lipinski definition) is 4. The van der Waals surface area contributed by atoms with Crippen molar-refractivity contribution in [3.05, 3.63) is 29.8 Å². The number of Topliss-reactive ketones (excluding diaryl/α,β-unsaturated/α-hetero) is 1. The third-order valence-electron chi connectivity index (χ3n) is 4.12. The summed E-state index contributed by atoms with van der Waals surface area (Å²) in [5, 5.41) is 0. The Morgan fingerprint density at radius 1 is 1.22 bits per heavy atom. The molecule has 1 aliphatic rings. The van der Waals surface area contributed by atoms with Crippen LogP contribution in [0.4, 0.5) is 0 Å². The number of benzene rings is 1. The Bertz CT molecular complexity index is 502. The van der Waals surface area contributed by atoms with Gasteiger partial charge in [0, 0.05) is 19.5 Å². The van der Waals surface area contributed by atoms with Gasteiger partial charge in [-0.2, -0.15) is 0 Å². The molecule has 2 rings (SSSR count). The van der Waals surface area contributed by atoms with Crippen LogP contribution in [0.2, 0.25) is 0 Å². The van der Waals surface area contributed by atoms with Crippen molar-refractivity contribution in [3.8, 4) is 5.75 Å². The van der Waals surface area contributed by atoms with Gasteiger partial charge in [0.1, 0.15) is 12.4 Å². The average molecular weight is 319 g/mol. The van der Waals surface area contributed by atoms with E-state index in [1.165, 1.54) is 0 Å². The van der Waals surface area contributed by atoms with Gasteiger partial charge in [-0.15, -0.1) is 0 Å². The Morgan fingerprint density at radius 3 is 2.61 bits per heavy atom. The summed E-state index contributed by atoms with van der Waals surface area (Å²) in [6, 6.07) is 7.98. The first-order valence-electron chi connectivity index (χ1n) is 8.51. The summed E-state index contributed by atoms with van der Waals surface area (Å²) in [6.07, 6.45) is 1.47. The molecule has 1 aliphatic heterocycles. The molecular formula is C19H29NO3. The van der Waals surface area contributed by atoms with Crippen LogP contribution in [-0.2, 0) is 14.9 Å². The van der Waals surface area contributed by atoms with Crippen molar-refractivity contribution in [2.45, 2.75) is 39.0 Å². The maximum atomic E-state index is 12.1. The van der Waals surface area contributed by atoms with Crippen molar-refractivity contribution in [2.75, 3.05) is 39.5 Å². The number of morpholine rings is 1. The van der Waals surface area contributed by atoms with Gasteiger partial charge in [0.2, 0.25) is 0 Å². The zero-order chi connectivity index (χ0) is 16.7. The van der Waals surface area contributed by atoms with Gasteiger partial charge >= 0.3 is 0 Å². The van der Waals surface area contributed by atoms with Crippen LogP contribution < -0.4 is 4.74 Å². The van der Waals surface area contributed by atoms with E-state index in [-0.39, 0.29) is 17.8 Å². The van der Waals surface area contributed by atoms with Crippen LogP contribution in [0, 0.1) is 0 Å². The highest BCUT2D eigenvalue weighted by molar-refractivity contribution is 5.79. The zero-order valence-electron chi connectivity index (χ0n) is 14.6. The van der Waals surface area contributed by atoms with Crippen LogP contribution in [0.1, 0.15) is 39.2 Å². The van der Waals surface area contributed by atoms with Crippen molar-refractivity contribution >= 4 is 5.78 Å². The van der Waals surface area contributed by atoms with Gasteiger partial charge in [-0.25, -0.2) is 0 Å². The summed E-state index contributed by atoms with van der Waals surface area (Å²) in [6.45, 7) is 11.1. The van der Waals surface area contributed by atoms with E-state index in [2.05, 4.69) is 31.7 Å². The number of carbonyl (C=O) groups is 1. The van der Waals surface area contributed by atoms with Crippen molar-refractivity contribution < 1.29 is 14.3 Å². The van der Waals surface area contributed by atoms with Gasteiger partial charge in [-0.05, 0) is 30.0 Å². The number of ketones is 1. The Hall–Kier alpha value is -1.39. The third kappa shape index (κ3) is 5.96. The van der Waals surface area contributed by atoms with Gasteiger partial charge in [0.05, 0.1) is 13.2 Å². The fourth-order valence-corrected chi connectivity index (χ4v) is 2.77. The second-order valence-corrected chi connectivity index (χ2v) is 7.13. The van der Waals surface area contributed by atoms with Gasteiger partial charge in [-0.3, -0.25) is 9.69 Å². The van der Waals surface area contributed by atoms with Crippen LogP contribution >= 0.6 is 0 Å². The van der Waals surface area contributed by atoms with Crippen LogP contribution in [0.25, 0.3) is 0 Å². The highest BCUT2D eigenvalue weighted by Gasteiger charge is 2.19. The molecule has 1 fully saturated rings. The maximum absolute atomic E-state index is 12.1.